The van der Waals surface area contributed by atoms with Crippen LogP contribution in [0.1, 0.15) is 32.3 Å². The van der Waals surface area contributed by atoms with Crippen LogP contribution in [0.5, 0.6) is 0 Å². The fourth-order valence-electron chi connectivity index (χ4n) is 2.47. The van der Waals surface area contributed by atoms with Crippen LogP contribution in [0.15, 0.2) is 30.5 Å². The smallest absolute Gasteiger partial charge is 0.278 e. The van der Waals surface area contributed by atoms with E-state index in [1.54, 1.807) is 24.4 Å². The lowest BCUT2D eigenvalue weighted by Crippen LogP contribution is -2.30. The molecule has 1 aromatic heterocycles. The molecule has 0 bridgehead atoms. The van der Waals surface area contributed by atoms with Gasteiger partial charge in [-0.1, -0.05) is 13.8 Å². The van der Waals surface area contributed by atoms with E-state index in [0.29, 0.717) is 5.39 Å². The summed E-state index contributed by atoms with van der Waals surface area (Å²) in [6, 6.07) is 7.18. The number of non-ortho nitro benzene ring substituents is 1. The Morgan fingerprint density at radius 1 is 1.35 bits per heavy atom. The highest BCUT2D eigenvalue weighted by Gasteiger charge is 2.20. The summed E-state index contributed by atoms with van der Waals surface area (Å²) >= 11 is 0. The van der Waals surface area contributed by atoms with E-state index in [2.05, 4.69) is 31.1 Å². The van der Waals surface area contributed by atoms with Gasteiger partial charge < -0.3 is 5.32 Å². The standard InChI is InChI=1S/C15H19N3O2/c1-4-16-11(3)10(2)12-7-8-14(18(19)20)13-6-5-9-17-15(12)13/h5-11,16H,4H2,1-3H3. The molecule has 2 atom stereocenters. The van der Waals surface area contributed by atoms with Gasteiger partial charge >= 0.3 is 0 Å². The second kappa shape index (κ2) is 5.96. The molecule has 0 saturated heterocycles. The van der Waals surface area contributed by atoms with Crippen molar-refractivity contribution in [3.05, 3.63) is 46.1 Å². The summed E-state index contributed by atoms with van der Waals surface area (Å²) in [5, 5.41) is 15.1. The first-order valence-electron chi connectivity index (χ1n) is 6.81. The van der Waals surface area contributed by atoms with Crippen LogP contribution in [0.25, 0.3) is 10.9 Å². The summed E-state index contributed by atoms with van der Waals surface area (Å²) in [5.74, 6) is 0.230. The number of aromatic nitrogens is 1. The lowest BCUT2D eigenvalue weighted by molar-refractivity contribution is -0.383. The summed E-state index contributed by atoms with van der Waals surface area (Å²) in [5.41, 5.74) is 1.87. The van der Waals surface area contributed by atoms with Crippen molar-refractivity contribution in [2.75, 3.05) is 6.54 Å². The molecule has 0 fully saturated rings. The molecule has 0 aliphatic heterocycles. The largest absolute Gasteiger partial charge is 0.314 e. The first-order chi connectivity index (χ1) is 9.56. The molecule has 1 heterocycles. The van der Waals surface area contributed by atoms with Crippen molar-refractivity contribution in [3.8, 4) is 0 Å². The number of benzene rings is 1. The molecular weight excluding hydrogens is 254 g/mol. The molecule has 0 aliphatic carbocycles. The maximum Gasteiger partial charge on any atom is 0.278 e. The fraction of sp³-hybridized carbons (Fsp3) is 0.400. The summed E-state index contributed by atoms with van der Waals surface area (Å²) < 4.78 is 0. The van der Waals surface area contributed by atoms with Crippen LogP contribution in [-0.4, -0.2) is 22.5 Å². The molecule has 5 heteroatoms. The number of nitrogens with one attached hydrogen (secondary N) is 1. The second-order valence-corrected chi connectivity index (χ2v) is 4.97. The molecule has 2 unspecified atom stereocenters. The molecule has 5 nitrogen and oxygen atoms in total. The Morgan fingerprint density at radius 2 is 2.10 bits per heavy atom. The van der Waals surface area contributed by atoms with Gasteiger partial charge in [-0.3, -0.25) is 15.1 Å². The first kappa shape index (κ1) is 14.4. The number of hydrogen-bond donors (Lipinski definition) is 1. The lowest BCUT2D eigenvalue weighted by Gasteiger charge is -2.22. The van der Waals surface area contributed by atoms with E-state index in [-0.39, 0.29) is 22.6 Å². The van der Waals surface area contributed by atoms with Gasteiger partial charge in [-0.05, 0) is 43.1 Å². The van der Waals surface area contributed by atoms with Crippen molar-refractivity contribution in [2.24, 2.45) is 0 Å². The number of fused-ring (bicyclic) bond motifs is 1. The van der Waals surface area contributed by atoms with E-state index in [9.17, 15) is 10.1 Å². The predicted molar refractivity (Wildman–Crippen MR) is 80.0 cm³/mol. The third-order valence-corrected chi connectivity index (χ3v) is 3.74. The number of nitro groups is 1. The van der Waals surface area contributed by atoms with Crippen LogP contribution in [0.3, 0.4) is 0 Å². The minimum atomic E-state index is -0.355. The molecule has 0 spiro atoms. The zero-order valence-corrected chi connectivity index (χ0v) is 12.0. The summed E-state index contributed by atoms with van der Waals surface area (Å²) in [4.78, 5) is 15.1. The monoisotopic (exact) mass is 273 g/mol. The molecule has 1 N–H and O–H groups in total. The van der Waals surface area contributed by atoms with Crippen molar-refractivity contribution in [2.45, 2.75) is 32.7 Å². The van der Waals surface area contributed by atoms with Crippen molar-refractivity contribution in [1.82, 2.24) is 10.3 Å². The van der Waals surface area contributed by atoms with Gasteiger partial charge in [-0.15, -0.1) is 0 Å². The first-order valence-corrected chi connectivity index (χ1v) is 6.81. The maximum atomic E-state index is 11.1. The number of pyridine rings is 1. The molecule has 0 radical (unpaired) electrons. The summed E-state index contributed by atoms with van der Waals surface area (Å²) in [6.07, 6.45) is 1.68. The van der Waals surface area contributed by atoms with Crippen LogP contribution < -0.4 is 5.32 Å². The molecule has 2 aromatic rings. The summed E-state index contributed by atoms with van der Waals surface area (Å²) in [7, 11) is 0. The summed E-state index contributed by atoms with van der Waals surface area (Å²) in [6.45, 7) is 7.19. The number of rotatable bonds is 5. The van der Waals surface area contributed by atoms with E-state index < -0.39 is 0 Å². The van der Waals surface area contributed by atoms with Gasteiger partial charge in [0.2, 0.25) is 0 Å². The van der Waals surface area contributed by atoms with E-state index in [0.717, 1.165) is 17.6 Å². The average molecular weight is 273 g/mol. The molecule has 20 heavy (non-hydrogen) atoms. The SMILES string of the molecule is CCNC(C)C(C)c1ccc([N+](=O)[O-])c2cccnc12. The minimum Gasteiger partial charge on any atom is -0.314 e. The Kier molecular flexibility index (Phi) is 4.29. The highest BCUT2D eigenvalue weighted by molar-refractivity contribution is 5.90. The Morgan fingerprint density at radius 3 is 2.75 bits per heavy atom. The number of nitrogens with zero attached hydrogens (tertiary/aromatic N) is 2. The molecule has 0 amide bonds. The third-order valence-electron chi connectivity index (χ3n) is 3.74. The zero-order valence-electron chi connectivity index (χ0n) is 12.0. The van der Waals surface area contributed by atoms with Crippen molar-refractivity contribution in [3.63, 3.8) is 0 Å². The molecule has 106 valence electrons. The highest BCUT2D eigenvalue weighted by atomic mass is 16.6. The van der Waals surface area contributed by atoms with Crippen LogP contribution >= 0.6 is 0 Å². The Hall–Kier alpha value is -2.01. The molecule has 0 aliphatic rings. The number of nitro benzene ring substituents is 1. The average Bonchev–Trinajstić information content (AvgIpc) is 2.45. The fourth-order valence-corrected chi connectivity index (χ4v) is 2.47. The van der Waals surface area contributed by atoms with Crippen LogP contribution in [-0.2, 0) is 0 Å². The molecule has 0 saturated carbocycles. The van der Waals surface area contributed by atoms with Gasteiger partial charge in [0.05, 0.1) is 15.8 Å². The van der Waals surface area contributed by atoms with Gasteiger partial charge in [0, 0.05) is 18.3 Å². The topological polar surface area (TPSA) is 68.1 Å². The number of likely N-dealkylation sites (N-methyl/N-ethyl adjacent to an activating group) is 1. The van der Waals surface area contributed by atoms with Crippen LogP contribution in [0, 0.1) is 10.1 Å². The minimum absolute atomic E-state index is 0.111. The normalized spacial score (nSPS) is 14.2. The van der Waals surface area contributed by atoms with Gasteiger partial charge in [-0.2, -0.15) is 0 Å². The van der Waals surface area contributed by atoms with Crippen LogP contribution in [0.4, 0.5) is 5.69 Å². The van der Waals surface area contributed by atoms with E-state index in [1.165, 1.54) is 0 Å². The van der Waals surface area contributed by atoms with Crippen molar-refractivity contribution >= 4 is 16.6 Å². The van der Waals surface area contributed by atoms with E-state index >= 15 is 0 Å². The van der Waals surface area contributed by atoms with E-state index in [4.69, 9.17) is 0 Å². The van der Waals surface area contributed by atoms with Crippen molar-refractivity contribution in [1.29, 1.82) is 0 Å². The van der Waals surface area contributed by atoms with Gasteiger partial charge in [-0.25, -0.2) is 0 Å². The van der Waals surface area contributed by atoms with Gasteiger partial charge in [0.1, 0.15) is 0 Å². The molecular formula is C15H19N3O2. The van der Waals surface area contributed by atoms with Gasteiger partial charge in [0.15, 0.2) is 0 Å². The highest BCUT2D eigenvalue weighted by Crippen LogP contribution is 2.31. The third kappa shape index (κ3) is 2.63. The zero-order chi connectivity index (χ0) is 14.7. The Balaban J connectivity index is 2.56. The predicted octanol–water partition coefficient (Wildman–Crippen LogP) is 3.24. The Bertz CT molecular complexity index is 628. The van der Waals surface area contributed by atoms with E-state index in [1.807, 2.05) is 6.07 Å². The number of hydrogen-bond acceptors (Lipinski definition) is 4. The second-order valence-electron chi connectivity index (χ2n) is 4.97. The lowest BCUT2D eigenvalue weighted by atomic mass is 9.91. The molecule has 2 rings (SSSR count). The maximum absolute atomic E-state index is 11.1. The van der Waals surface area contributed by atoms with Crippen molar-refractivity contribution < 1.29 is 4.92 Å². The quantitative estimate of drug-likeness (QED) is 0.670. The van der Waals surface area contributed by atoms with Gasteiger partial charge in [0.25, 0.3) is 5.69 Å². The van der Waals surface area contributed by atoms with Crippen LogP contribution in [0.2, 0.25) is 0 Å². The molecule has 1 aromatic carbocycles. The Labute approximate surface area is 118 Å².